The van der Waals surface area contributed by atoms with Crippen molar-refractivity contribution >= 4 is 28.6 Å². The van der Waals surface area contributed by atoms with E-state index in [1.165, 1.54) is 36.9 Å². The minimum Gasteiger partial charge on any atom is -0.453 e. The molecule has 29 heavy (non-hydrogen) atoms. The first-order chi connectivity index (χ1) is 14.0. The van der Waals surface area contributed by atoms with Gasteiger partial charge in [0.1, 0.15) is 11.5 Å². The van der Waals surface area contributed by atoms with Crippen molar-refractivity contribution in [2.75, 3.05) is 25.5 Å². The molecular formula is C22H22FN3O3. The van der Waals surface area contributed by atoms with Crippen molar-refractivity contribution in [3.05, 3.63) is 65.6 Å². The molecule has 150 valence electrons. The lowest BCUT2D eigenvalue weighted by atomic mass is 9.89. The van der Waals surface area contributed by atoms with E-state index in [-0.39, 0.29) is 17.8 Å². The molecule has 1 aliphatic rings. The van der Waals surface area contributed by atoms with Gasteiger partial charge in [-0.25, -0.2) is 9.18 Å². The monoisotopic (exact) mass is 395 g/mol. The van der Waals surface area contributed by atoms with E-state index in [0.717, 1.165) is 23.7 Å². The topological polar surface area (TPSA) is 74.4 Å². The van der Waals surface area contributed by atoms with Gasteiger partial charge in [-0.05, 0) is 66.8 Å². The fourth-order valence-electron chi connectivity index (χ4n) is 3.78. The maximum atomic E-state index is 13.0. The van der Waals surface area contributed by atoms with Gasteiger partial charge in [0.15, 0.2) is 0 Å². The minimum atomic E-state index is -0.349. The number of carbonyl (C=O) groups excluding carboxylic acids is 2. The van der Waals surface area contributed by atoms with Crippen molar-refractivity contribution in [2.24, 2.45) is 0 Å². The third kappa shape index (κ3) is 4.08. The van der Waals surface area contributed by atoms with Gasteiger partial charge in [-0.3, -0.25) is 4.79 Å². The number of fused-ring (bicyclic) bond motifs is 1. The highest BCUT2D eigenvalue weighted by molar-refractivity contribution is 6.06. The zero-order valence-corrected chi connectivity index (χ0v) is 16.1. The van der Waals surface area contributed by atoms with Crippen LogP contribution in [-0.4, -0.2) is 42.1 Å². The van der Waals surface area contributed by atoms with Crippen molar-refractivity contribution in [1.82, 2.24) is 9.88 Å². The molecule has 4 rings (SSSR count). The van der Waals surface area contributed by atoms with Crippen molar-refractivity contribution in [3.63, 3.8) is 0 Å². The van der Waals surface area contributed by atoms with E-state index in [1.54, 1.807) is 4.90 Å². The van der Waals surface area contributed by atoms with Crippen LogP contribution in [0, 0.1) is 5.82 Å². The normalized spacial score (nSPS) is 14.8. The molecule has 0 radical (unpaired) electrons. The third-order valence-corrected chi connectivity index (χ3v) is 5.39. The Bertz CT molecular complexity index is 1040. The summed E-state index contributed by atoms with van der Waals surface area (Å²) in [4.78, 5) is 29.0. The lowest BCUT2D eigenvalue weighted by Gasteiger charge is -2.31. The van der Waals surface area contributed by atoms with Gasteiger partial charge in [0.25, 0.3) is 5.91 Å². The summed E-state index contributed by atoms with van der Waals surface area (Å²) >= 11 is 0. The van der Waals surface area contributed by atoms with Crippen LogP contribution in [0.25, 0.3) is 10.9 Å². The standard InChI is InChI=1S/C22H22FN3O3/c1-29-22(28)26-10-8-14(9-11-26)15-2-7-19-16(12-15)13-20(25-19)21(27)24-18-5-3-17(23)4-6-18/h2-7,12-14,25H,8-11H2,1H3,(H,24,27). The van der Waals surface area contributed by atoms with Gasteiger partial charge in [-0.15, -0.1) is 0 Å². The second-order valence-electron chi connectivity index (χ2n) is 7.22. The number of aromatic amines is 1. The number of methoxy groups -OCH3 is 1. The molecule has 1 fully saturated rings. The van der Waals surface area contributed by atoms with Crippen molar-refractivity contribution in [2.45, 2.75) is 18.8 Å². The first-order valence-electron chi connectivity index (χ1n) is 9.56. The number of hydrogen-bond donors (Lipinski definition) is 2. The molecule has 7 heteroatoms. The Morgan fingerprint density at radius 2 is 1.83 bits per heavy atom. The van der Waals surface area contributed by atoms with Crippen molar-refractivity contribution in [1.29, 1.82) is 0 Å². The number of benzene rings is 2. The molecule has 0 bridgehead atoms. The molecule has 0 saturated carbocycles. The van der Waals surface area contributed by atoms with Crippen LogP contribution in [0.2, 0.25) is 0 Å². The van der Waals surface area contributed by atoms with Crippen molar-refractivity contribution in [3.8, 4) is 0 Å². The molecule has 0 unspecified atom stereocenters. The summed E-state index contributed by atoms with van der Waals surface area (Å²) in [6, 6.07) is 13.6. The third-order valence-electron chi connectivity index (χ3n) is 5.39. The summed E-state index contributed by atoms with van der Waals surface area (Å²) in [5.74, 6) is -0.258. The summed E-state index contributed by atoms with van der Waals surface area (Å²) in [6.45, 7) is 1.35. The van der Waals surface area contributed by atoms with Gasteiger partial charge in [0.2, 0.25) is 0 Å². The van der Waals surface area contributed by atoms with Gasteiger partial charge in [-0.2, -0.15) is 0 Å². The SMILES string of the molecule is COC(=O)N1CCC(c2ccc3[nH]c(C(=O)Nc4ccc(F)cc4)cc3c2)CC1. The molecule has 2 aromatic carbocycles. The molecule has 0 aliphatic carbocycles. The highest BCUT2D eigenvalue weighted by Gasteiger charge is 2.24. The molecule has 2 N–H and O–H groups in total. The number of amides is 2. The van der Waals surface area contributed by atoms with Gasteiger partial charge in [-0.1, -0.05) is 6.07 Å². The average Bonchev–Trinajstić information content (AvgIpc) is 3.18. The Kier molecular flexibility index (Phi) is 5.20. The summed E-state index contributed by atoms with van der Waals surface area (Å²) in [7, 11) is 1.40. The number of nitrogens with zero attached hydrogens (tertiary/aromatic N) is 1. The summed E-state index contributed by atoms with van der Waals surface area (Å²) in [6.07, 6.45) is 1.48. The highest BCUT2D eigenvalue weighted by Crippen LogP contribution is 2.30. The number of carbonyl (C=O) groups is 2. The average molecular weight is 395 g/mol. The molecule has 3 aromatic rings. The predicted molar refractivity (Wildman–Crippen MR) is 109 cm³/mol. The number of H-pyrrole nitrogens is 1. The number of rotatable bonds is 3. The predicted octanol–water partition coefficient (Wildman–Crippen LogP) is 4.51. The van der Waals surface area contributed by atoms with E-state index in [0.29, 0.717) is 30.4 Å². The van der Waals surface area contributed by atoms with E-state index >= 15 is 0 Å². The number of piperidine rings is 1. The fraction of sp³-hybridized carbons (Fsp3) is 0.273. The van der Waals surface area contributed by atoms with Gasteiger partial charge in [0, 0.05) is 29.7 Å². The molecule has 2 heterocycles. The Morgan fingerprint density at radius 3 is 2.52 bits per heavy atom. The second-order valence-corrected chi connectivity index (χ2v) is 7.22. The second kappa shape index (κ2) is 7.95. The molecule has 1 saturated heterocycles. The maximum Gasteiger partial charge on any atom is 0.409 e. The maximum absolute atomic E-state index is 13.0. The lowest BCUT2D eigenvalue weighted by molar-refractivity contribution is 0.102. The summed E-state index contributed by atoms with van der Waals surface area (Å²) < 4.78 is 17.8. The van der Waals surface area contributed by atoms with Gasteiger partial charge in [0.05, 0.1) is 7.11 Å². The van der Waals surface area contributed by atoms with Crippen LogP contribution in [0.15, 0.2) is 48.5 Å². The van der Waals surface area contributed by atoms with E-state index < -0.39 is 0 Å². The van der Waals surface area contributed by atoms with Crippen LogP contribution in [0.5, 0.6) is 0 Å². The van der Waals surface area contributed by atoms with Crippen LogP contribution < -0.4 is 5.32 Å². The Labute approximate surface area is 167 Å². The van der Waals surface area contributed by atoms with Crippen LogP contribution in [0.4, 0.5) is 14.9 Å². The number of anilines is 1. The van der Waals surface area contributed by atoms with E-state index in [4.69, 9.17) is 4.74 Å². The quantitative estimate of drug-likeness (QED) is 0.685. The van der Waals surface area contributed by atoms with E-state index in [2.05, 4.69) is 22.4 Å². The smallest absolute Gasteiger partial charge is 0.409 e. The first-order valence-corrected chi connectivity index (χ1v) is 9.56. The molecule has 2 amide bonds. The van der Waals surface area contributed by atoms with Crippen molar-refractivity contribution < 1.29 is 18.7 Å². The molecular weight excluding hydrogens is 373 g/mol. The number of aromatic nitrogens is 1. The molecule has 1 aromatic heterocycles. The molecule has 6 nitrogen and oxygen atoms in total. The number of likely N-dealkylation sites (tertiary alicyclic amines) is 1. The van der Waals surface area contributed by atoms with E-state index in [9.17, 15) is 14.0 Å². The Hall–Kier alpha value is -3.35. The first kappa shape index (κ1) is 19.0. The number of ether oxygens (including phenoxy) is 1. The highest BCUT2D eigenvalue weighted by atomic mass is 19.1. The zero-order chi connectivity index (χ0) is 20.4. The summed E-state index contributed by atoms with van der Waals surface area (Å²) in [5.41, 5.74) is 3.06. The van der Waals surface area contributed by atoms with Gasteiger partial charge < -0.3 is 19.9 Å². The number of nitrogens with one attached hydrogen (secondary N) is 2. The minimum absolute atomic E-state index is 0.277. The number of halogens is 1. The van der Waals surface area contributed by atoms with Crippen LogP contribution in [0.1, 0.15) is 34.8 Å². The molecule has 0 spiro atoms. The van der Waals surface area contributed by atoms with Crippen LogP contribution in [0.3, 0.4) is 0 Å². The summed E-state index contributed by atoms with van der Waals surface area (Å²) in [5, 5.41) is 3.72. The molecule has 1 aliphatic heterocycles. The molecule has 0 atom stereocenters. The largest absolute Gasteiger partial charge is 0.453 e. The zero-order valence-electron chi connectivity index (χ0n) is 16.1. The Balaban J connectivity index is 1.47. The Morgan fingerprint density at radius 1 is 1.10 bits per heavy atom. The van der Waals surface area contributed by atoms with Gasteiger partial charge >= 0.3 is 6.09 Å². The fourth-order valence-corrected chi connectivity index (χ4v) is 3.78. The van der Waals surface area contributed by atoms with Crippen LogP contribution in [-0.2, 0) is 4.74 Å². The van der Waals surface area contributed by atoms with Crippen LogP contribution >= 0.6 is 0 Å². The lowest BCUT2D eigenvalue weighted by Crippen LogP contribution is -2.37. The number of hydrogen-bond acceptors (Lipinski definition) is 3. The van der Waals surface area contributed by atoms with E-state index in [1.807, 2.05) is 12.1 Å².